The lowest BCUT2D eigenvalue weighted by molar-refractivity contribution is -0.145. The quantitative estimate of drug-likeness (QED) is 0.0661. The summed E-state index contributed by atoms with van der Waals surface area (Å²) in [5.41, 5.74) is 1.03. The third kappa shape index (κ3) is 20.4. The Hall–Kier alpha value is -1.51. The van der Waals surface area contributed by atoms with Crippen molar-refractivity contribution in [1.82, 2.24) is 0 Å². The van der Waals surface area contributed by atoms with Crippen LogP contribution in [0, 0.1) is 6.92 Å². The first-order valence-electron chi connectivity index (χ1n) is 16.3. The lowest BCUT2D eigenvalue weighted by Crippen LogP contribution is -2.24. The number of aryl methyl sites for hydroxylation is 1. The smallest absolute Gasteiger partial charge is 0.296 e. The minimum atomic E-state index is -3.59. The van der Waals surface area contributed by atoms with Crippen molar-refractivity contribution in [2.75, 3.05) is 26.4 Å². The Morgan fingerprint density at radius 1 is 0.786 bits per heavy atom. The van der Waals surface area contributed by atoms with E-state index >= 15 is 0 Å². The fourth-order valence-corrected chi connectivity index (χ4v) is 5.60. The van der Waals surface area contributed by atoms with Crippen LogP contribution >= 0.6 is 0 Å². The highest BCUT2D eigenvalue weighted by Gasteiger charge is 2.32. The van der Waals surface area contributed by atoms with E-state index in [4.69, 9.17) is 18.4 Å². The van der Waals surface area contributed by atoms with E-state index in [1.54, 1.807) is 24.3 Å². The van der Waals surface area contributed by atoms with E-state index < -0.39 is 15.9 Å². The molecular formula is C35H60O6S. The molecule has 0 bridgehead atoms. The van der Waals surface area contributed by atoms with Crippen LogP contribution in [0.25, 0.3) is 0 Å². The lowest BCUT2D eigenvalue weighted by Gasteiger charge is -2.17. The highest BCUT2D eigenvalue weighted by molar-refractivity contribution is 7.86. The Labute approximate surface area is 258 Å². The zero-order chi connectivity index (χ0) is 30.9. The van der Waals surface area contributed by atoms with E-state index in [0.717, 1.165) is 50.7 Å². The van der Waals surface area contributed by atoms with Gasteiger partial charge in [-0.05, 0) is 71.4 Å². The molecule has 1 heterocycles. The molecule has 2 rings (SSSR count). The second-order valence-electron chi connectivity index (χ2n) is 11.7. The predicted molar refractivity (Wildman–Crippen MR) is 174 cm³/mol. The fourth-order valence-electron chi connectivity index (χ4n) is 4.65. The topological polar surface area (TPSA) is 71.1 Å². The first-order valence-corrected chi connectivity index (χ1v) is 17.7. The lowest BCUT2D eigenvalue weighted by atomic mass is 10.1. The summed E-state index contributed by atoms with van der Waals surface area (Å²) < 4.78 is 45.8. The number of ether oxygens (including phenoxy) is 3. The van der Waals surface area contributed by atoms with Gasteiger partial charge in [0.2, 0.25) is 0 Å². The van der Waals surface area contributed by atoms with Gasteiger partial charge in [0, 0.05) is 6.61 Å². The van der Waals surface area contributed by atoms with Crippen molar-refractivity contribution in [3.63, 3.8) is 0 Å². The molecule has 1 aliphatic rings. The van der Waals surface area contributed by atoms with Gasteiger partial charge in [-0.3, -0.25) is 4.18 Å². The number of hydrogen-bond acceptors (Lipinski definition) is 6. The molecular weight excluding hydrogens is 548 g/mol. The molecule has 6 nitrogen and oxygen atoms in total. The van der Waals surface area contributed by atoms with Gasteiger partial charge in [0.15, 0.2) is 5.79 Å². The summed E-state index contributed by atoms with van der Waals surface area (Å²) in [7, 11) is -3.59. The summed E-state index contributed by atoms with van der Waals surface area (Å²) in [6.45, 7) is 15.7. The van der Waals surface area contributed by atoms with Crippen LogP contribution in [-0.2, 0) is 28.5 Å². The minimum Gasteiger partial charge on any atom is -0.379 e. The molecule has 1 aromatic rings. The molecule has 1 atom stereocenters. The molecule has 1 aromatic carbocycles. The molecule has 0 amide bonds. The second-order valence-corrected chi connectivity index (χ2v) is 13.3. The standard InChI is InChI=1S/C18H28O3S.C17H32O3/c1-3-4-5-6-7-8-9-10-11-16-21-22(19,20)18-14-12-17(2)13-15-18;1-4-5-6-7-8-9-10-11-12-13-18-14-16-15-19-17(2,3)20-16/h3,12-15H,1,4-11,16H2,2H3;4,16H,1,5-15H2,2-3H3. The van der Waals surface area contributed by atoms with Crippen LogP contribution in [-0.4, -0.2) is 46.7 Å². The zero-order valence-electron chi connectivity index (χ0n) is 27.0. The molecule has 42 heavy (non-hydrogen) atoms. The van der Waals surface area contributed by atoms with Gasteiger partial charge in [-0.1, -0.05) is 94.1 Å². The normalized spacial score (nSPS) is 16.1. The van der Waals surface area contributed by atoms with Gasteiger partial charge < -0.3 is 14.2 Å². The van der Waals surface area contributed by atoms with Crippen molar-refractivity contribution >= 4 is 10.1 Å². The molecule has 0 saturated carbocycles. The largest absolute Gasteiger partial charge is 0.379 e. The number of rotatable bonds is 24. The summed E-state index contributed by atoms with van der Waals surface area (Å²) in [5, 5.41) is 0. The molecule has 7 heteroatoms. The Balaban J connectivity index is 0.000000422. The van der Waals surface area contributed by atoms with Gasteiger partial charge in [0.25, 0.3) is 10.1 Å². The summed E-state index contributed by atoms with van der Waals surface area (Å²) in [4.78, 5) is 0.236. The SMILES string of the molecule is C=CCCCCCCCCCOCC1COC(C)(C)O1.C=CCCCCCCCCCOS(=O)(=O)c1ccc(C)cc1. The second kappa shape index (κ2) is 23.9. The fraction of sp³-hybridized carbons (Fsp3) is 0.714. The number of unbranched alkanes of at least 4 members (excludes halogenated alkanes) is 14. The van der Waals surface area contributed by atoms with Crippen LogP contribution < -0.4 is 0 Å². The zero-order valence-corrected chi connectivity index (χ0v) is 27.8. The first kappa shape index (κ1) is 38.5. The molecule has 242 valence electrons. The highest BCUT2D eigenvalue weighted by Crippen LogP contribution is 2.22. The average molecular weight is 609 g/mol. The van der Waals surface area contributed by atoms with Crippen LogP contribution in [0.4, 0.5) is 0 Å². The summed E-state index contributed by atoms with van der Waals surface area (Å²) >= 11 is 0. The Kier molecular flexibility index (Phi) is 21.9. The molecule has 1 aliphatic heterocycles. The van der Waals surface area contributed by atoms with Gasteiger partial charge in [-0.15, -0.1) is 13.2 Å². The van der Waals surface area contributed by atoms with Gasteiger partial charge in [-0.2, -0.15) is 8.42 Å². The molecule has 0 aliphatic carbocycles. The average Bonchev–Trinajstić information content (AvgIpc) is 3.31. The maximum Gasteiger partial charge on any atom is 0.296 e. The van der Waals surface area contributed by atoms with Crippen LogP contribution in [0.3, 0.4) is 0 Å². The predicted octanol–water partition coefficient (Wildman–Crippen LogP) is 9.47. The monoisotopic (exact) mass is 608 g/mol. The van der Waals surface area contributed by atoms with Crippen LogP contribution in [0.5, 0.6) is 0 Å². The maximum atomic E-state index is 11.9. The van der Waals surface area contributed by atoms with Crippen molar-refractivity contribution in [3.05, 3.63) is 55.1 Å². The summed E-state index contributed by atoms with van der Waals surface area (Å²) in [5.74, 6) is -0.431. The Bertz CT molecular complexity index is 910. The molecule has 1 saturated heterocycles. The van der Waals surface area contributed by atoms with E-state index in [1.807, 2.05) is 32.9 Å². The maximum absolute atomic E-state index is 11.9. The first-order chi connectivity index (χ1) is 20.2. The van der Waals surface area contributed by atoms with Crippen molar-refractivity contribution in [1.29, 1.82) is 0 Å². The minimum absolute atomic E-state index is 0.106. The Morgan fingerprint density at radius 3 is 1.74 bits per heavy atom. The van der Waals surface area contributed by atoms with Gasteiger partial charge in [0.05, 0.1) is 24.7 Å². The van der Waals surface area contributed by atoms with E-state index in [-0.39, 0.29) is 17.6 Å². The van der Waals surface area contributed by atoms with Crippen LogP contribution in [0.1, 0.15) is 122 Å². The third-order valence-electron chi connectivity index (χ3n) is 7.17. The Morgan fingerprint density at radius 2 is 1.26 bits per heavy atom. The number of allylic oxidation sites excluding steroid dienone is 2. The van der Waals surface area contributed by atoms with Crippen molar-refractivity contribution in [2.45, 2.75) is 140 Å². The van der Waals surface area contributed by atoms with Crippen molar-refractivity contribution in [2.24, 2.45) is 0 Å². The van der Waals surface area contributed by atoms with E-state index in [2.05, 4.69) is 13.2 Å². The molecule has 0 N–H and O–H groups in total. The van der Waals surface area contributed by atoms with E-state index in [1.165, 1.54) is 64.2 Å². The van der Waals surface area contributed by atoms with Crippen molar-refractivity contribution in [3.8, 4) is 0 Å². The third-order valence-corrected chi connectivity index (χ3v) is 8.50. The van der Waals surface area contributed by atoms with Gasteiger partial charge >= 0.3 is 0 Å². The van der Waals surface area contributed by atoms with Crippen LogP contribution in [0.15, 0.2) is 54.5 Å². The van der Waals surface area contributed by atoms with Gasteiger partial charge in [0.1, 0.15) is 6.10 Å². The molecule has 0 aromatic heterocycles. The molecule has 1 fully saturated rings. The summed E-state index contributed by atoms with van der Waals surface area (Å²) in [6.07, 6.45) is 23.3. The highest BCUT2D eigenvalue weighted by atomic mass is 32.2. The van der Waals surface area contributed by atoms with Crippen molar-refractivity contribution < 1.29 is 26.8 Å². The number of hydrogen-bond donors (Lipinski definition) is 0. The molecule has 1 unspecified atom stereocenters. The van der Waals surface area contributed by atoms with E-state index in [9.17, 15) is 8.42 Å². The molecule has 0 spiro atoms. The molecule has 0 radical (unpaired) electrons. The number of benzene rings is 1. The van der Waals surface area contributed by atoms with E-state index in [0.29, 0.717) is 13.2 Å². The van der Waals surface area contributed by atoms with Crippen LogP contribution in [0.2, 0.25) is 0 Å². The summed E-state index contributed by atoms with van der Waals surface area (Å²) in [6, 6.07) is 6.74. The van der Waals surface area contributed by atoms with Gasteiger partial charge in [-0.25, -0.2) is 0 Å².